The molecule has 0 radical (unpaired) electrons. The zero-order chi connectivity index (χ0) is 12.6. The van der Waals surface area contributed by atoms with Crippen LogP contribution in [-0.2, 0) is 16.0 Å². The summed E-state index contributed by atoms with van der Waals surface area (Å²) < 4.78 is 11.1. The van der Waals surface area contributed by atoms with Gasteiger partial charge in [-0.3, -0.25) is 0 Å². The summed E-state index contributed by atoms with van der Waals surface area (Å²) in [7, 11) is 0. The number of alkyl halides is 1. The van der Waals surface area contributed by atoms with Crippen molar-refractivity contribution in [1.82, 2.24) is 5.32 Å². The number of hydrogen-bond donors (Lipinski definition) is 1. The van der Waals surface area contributed by atoms with Crippen molar-refractivity contribution in [1.29, 1.82) is 0 Å². The topological polar surface area (TPSA) is 30.5 Å². The first-order chi connectivity index (χ1) is 8.88. The molecule has 4 heteroatoms. The zero-order valence-electron chi connectivity index (χ0n) is 10.5. The maximum absolute atomic E-state index is 5.71. The molecule has 2 unspecified atom stereocenters. The third-order valence-corrected chi connectivity index (χ3v) is 3.29. The molecule has 0 spiro atoms. The standard InChI is InChI=1S/C14H20ClNO2/c15-9-13-11-17-14(18-13)7-4-8-16-10-12-5-2-1-3-6-12/h1-3,5-6,13-14,16H,4,7-11H2. The molecule has 0 bridgehead atoms. The van der Waals surface area contributed by atoms with E-state index in [0.717, 1.165) is 25.9 Å². The van der Waals surface area contributed by atoms with Crippen LogP contribution in [0, 0.1) is 0 Å². The first-order valence-corrected chi connectivity index (χ1v) is 6.99. The van der Waals surface area contributed by atoms with Gasteiger partial charge in [-0.2, -0.15) is 0 Å². The smallest absolute Gasteiger partial charge is 0.158 e. The number of nitrogens with one attached hydrogen (secondary N) is 1. The van der Waals surface area contributed by atoms with Gasteiger partial charge >= 0.3 is 0 Å². The second-order valence-electron chi connectivity index (χ2n) is 4.48. The Morgan fingerprint density at radius 2 is 2.11 bits per heavy atom. The molecule has 1 aromatic carbocycles. The van der Waals surface area contributed by atoms with E-state index in [1.54, 1.807) is 0 Å². The third kappa shape index (κ3) is 4.58. The molecule has 100 valence electrons. The fourth-order valence-electron chi connectivity index (χ4n) is 1.96. The molecule has 1 aromatic rings. The number of ether oxygens (including phenoxy) is 2. The van der Waals surface area contributed by atoms with Crippen molar-refractivity contribution in [3.8, 4) is 0 Å². The van der Waals surface area contributed by atoms with E-state index in [1.807, 2.05) is 6.07 Å². The van der Waals surface area contributed by atoms with Crippen LogP contribution in [0.4, 0.5) is 0 Å². The highest BCUT2D eigenvalue weighted by atomic mass is 35.5. The summed E-state index contributed by atoms with van der Waals surface area (Å²) in [6, 6.07) is 10.4. The summed E-state index contributed by atoms with van der Waals surface area (Å²) in [5, 5.41) is 3.41. The Morgan fingerprint density at radius 1 is 1.28 bits per heavy atom. The molecule has 0 aromatic heterocycles. The van der Waals surface area contributed by atoms with E-state index >= 15 is 0 Å². The van der Waals surface area contributed by atoms with E-state index in [2.05, 4.69) is 29.6 Å². The molecular formula is C14H20ClNO2. The molecule has 2 rings (SSSR count). The summed E-state index contributed by atoms with van der Waals surface area (Å²) in [5.74, 6) is 0.517. The van der Waals surface area contributed by atoms with Gasteiger partial charge in [0.2, 0.25) is 0 Å². The van der Waals surface area contributed by atoms with Gasteiger partial charge in [-0.1, -0.05) is 30.3 Å². The normalized spacial score (nSPS) is 23.4. The Hall–Kier alpha value is -0.610. The van der Waals surface area contributed by atoms with E-state index in [9.17, 15) is 0 Å². The third-order valence-electron chi connectivity index (χ3n) is 2.95. The van der Waals surface area contributed by atoms with Gasteiger partial charge in [-0.05, 0) is 24.9 Å². The van der Waals surface area contributed by atoms with E-state index < -0.39 is 0 Å². The average Bonchev–Trinajstić information content (AvgIpc) is 2.87. The van der Waals surface area contributed by atoms with Crippen molar-refractivity contribution in [3.05, 3.63) is 35.9 Å². The van der Waals surface area contributed by atoms with E-state index in [0.29, 0.717) is 12.5 Å². The maximum atomic E-state index is 5.71. The Bertz CT molecular complexity index is 334. The number of benzene rings is 1. The fraction of sp³-hybridized carbons (Fsp3) is 0.571. The monoisotopic (exact) mass is 269 g/mol. The Balaban J connectivity index is 1.52. The van der Waals surface area contributed by atoms with Crippen LogP contribution in [0.5, 0.6) is 0 Å². The zero-order valence-corrected chi connectivity index (χ0v) is 11.2. The lowest BCUT2D eigenvalue weighted by Crippen LogP contribution is -2.18. The van der Waals surface area contributed by atoms with Crippen LogP contribution in [0.2, 0.25) is 0 Å². The Morgan fingerprint density at radius 3 is 2.83 bits per heavy atom. The highest BCUT2D eigenvalue weighted by molar-refractivity contribution is 6.18. The van der Waals surface area contributed by atoms with Crippen LogP contribution in [0.3, 0.4) is 0 Å². The highest BCUT2D eigenvalue weighted by Crippen LogP contribution is 2.16. The maximum Gasteiger partial charge on any atom is 0.158 e. The second-order valence-corrected chi connectivity index (χ2v) is 4.79. The van der Waals surface area contributed by atoms with Crippen LogP contribution in [0.25, 0.3) is 0 Å². The fourth-order valence-corrected chi connectivity index (χ4v) is 2.12. The largest absolute Gasteiger partial charge is 0.350 e. The van der Waals surface area contributed by atoms with Gasteiger partial charge in [-0.25, -0.2) is 0 Å². The summed E-state index contributed by atoms with van der Waals surface area (Å²) in [4.78, 5) is 0. The highest BCUT2D eigenvalue weighted by Gasteiger charge is 2.24. The first-order valence-electron chi connectivity index (χ1n) is 6.46. The minimum absolute atomic E-state index is 0.0627. The van der Waals surface area contributed by atoms with Crippen molar-refractivity contribution >= 4 is 11.6 Å². The molecule has 2 atom stereocenters. The van der Waals surface area contributed by atoms with Crippen molar-refractivity contribution in [2.24, 2.45) is 0 Å². The molecule has 1 aliphatic heterocycles. The predicted octanol–water partition coefficient (Wildman–Crippen LogP) is 2.54. The van der Waals surface area contributed by atoms with Gasteiger partial charge in [0.1, 0.15) is 0 Å². The van der Waals surface area contributed by atoms with Crippen molar-refractivity contribution in [3.63, 3.8) is 0 Å². The summed E-state index contributed by atoms with van der Waals surface area (Å²) in [6.07, 6.45) is 1.99. The van der Waals surface area contributed by atoms with E-state index in [4.69, 9.17) is 21.1 Å². The van der Waals surface area contributed by atoms with Crippen LogP contribution in [0.1, 0.15) is 18.4 Å². The molecule has 1 fully saturated rings. The number of hydrogen-bond acceptors (Lipinski definition) is 3. The lowest BCUT2D eigenvalue weighted by molar-refractivity contribution is -0.0595. The van der Waals surface area contributed by atoms with E-state index in [-0.39, 0.29) is 12.4 Å². The molecule has 0 amide bonds. The first kappa shape index (κ1) is 13.8. The summed E-state index contributed by atoms with van der Waals surface area (Å²) in [5.41, 5.74) is 1.31. The van der Waals surface area contributed by atoms with Gasteiger partial charge < -0.3 is 14.8 Å². The molecule has 18 heavy (non-hydrogen) atoms. The molecule has 1 aliphatic rings. The van der Waals surface area contributed by atoms with Gasteiger partial charge in [0, 0.05) is 6.54 Å². The van der Waals surface area contributed by atoms with Crippen molar-refractivity contribution in [2.75, 3.05) is 19.0 Å². The molecule has 0 aliphatic carbocycles. The SMILES string of the molecule is ClCC1COC(CCCNCc2ccccc2)O1. The van der Waals surface area contributed by atoms with E-state index in [1.165, 1.54) is 5.56 Å². The Kier molecular flexibility index (Phi) is 5.94. The molecule has 3 nitrogen and oxygen atoms in total. The lowest BCUT2D eigenvalue weighted by atomic mass is 10.2. The number of halogens is 1. The molecule has 1 saturated heterocycles. The van der Waals surface area contributed by atoms with Crippen molar-refractivity contribution < 1.29 is 9.47 Å². The minimum Gasteiger partial charge on any atom is -0.350 e. The predicted molar refractivity (Wildman–Crippen MR) is 72.7 cm³/mol. The number of rotatable bonds is 7. The molecule has 1 N–H and O–H groups in total. The van der Waals surface area contributed by atoms with Gasteiger partial charge in [-0.15, -0.1) is 11.6 Å². The molecule has 1 heterocycles. The van der Waals surface area contributed by atoms with Gasteiger partial charge in [0.15, 0.2) is 6.29 Å². The van der Waals surface area contributed by atoms with Crippen LogP contribution >= 0.6 is 11.6 Å². The van der Waals surface area contributed by atoms with Crippen molar-refractivity contribution in [2.45, 2.75) is 31.8 Å². The second kappa shape index (κ2) is 7.74. The molecular weight excluding hydrogens is 250 g/mol. The average molecular weight is 270 g/mol. The van der Waals surface area contributed by atoms with Crippen LogP contribution < -0.4 is 5.32 Å². The lowest BCUT2D eigenvalue weighted by Gasteiger charge is -2.10. The summed E-state index contributed by atoms with van der Waals surface area (Å²) >= 11 is 5.71. The molecule has 0 saturated carbocycles. The minimum atomic E-state index is -0.0627. The Labute approximate surface area is 113 Å². The quantitative estimate of drug-likeness (QED) is 0.610. The van der Waals surface area contributed by atoms with Gasteiger partial charge in [0.05, 0.1) is 18.6 Å². The van der Waals surface area contributed by atoms with Crippen LogP contribution in [0.15, 0.2) is 30.3 Å². The summed E-state index contributed by atoms with van der Waals surface area (Å²) in [6.45, 7) is 2.52. The van der Waals surface area contributed by atoms with Crippen LogP contribution in [-0.4, -0.2) is 31.4 Å². The van der Waals surface area contributed by atoms with Gasteiger partial charge in [0.25, 0.3) is 0 Å².